The Balaban J connectivity index is 1.21. The van der Waals surface area contributed by atoms with E-state index < -0.39 is 0 Å². The van der Waals surface area contributed by atoms with Gasteiger partial charge in [0, 0.05) is 44.8 Å². The number of hydrogen-bond donors (Lipinski definition) is 0. The molecule has 166 valence electrons. The lowest BCUT2D eigenvalue weighted by molar-refractivity contribution is -0.138. The third-order valence-electron chi connectivity index (χ3n) is 6.72. The van der Waals surface area contributed by atoms with E-state index in [1.54, 1.807) is 6.26 Å². The van der Waals surface area contributed by atoms with E-state index in [2.05, 4.69) is 4.90 Å². The van der Waals surface area contributed by atoms with Crippen molar-refractivity contribution in [1.82, 2.24) is 14.7 Å². The molecule has 0 aliphatic carbocycles. The Hall–Kier alpha value is -3.12. The first-order chi connectivity index (χ1) is 15.7. The molecule has 0 saturated carbocycles. The highest BCUT2D eigenvalue weighted by Gasteiger charge is 2.33. The predicted molar refractivity (Wildman–Crippen MR) is 123 cm³/mol. The summed E-state index contributed by atoms with van der Waals surface area (Å²) in [5.74, 6) is 1.07. The molecule has 1 unspecified atom stereocenters. The molecular weight excluding hydrogens is 402 g/mol. The molecule has 3 aromatic rings. The summed E-state index contributed by atoms with van der Waals surface area (Å²) in [6.07, 6.45) is 3.42. The van der Waals surface area contributed by atoms with Crippen molar-refractivity contribution in [3.8, 4) is 0 Å². The number of likely N-dealkylation sites (tertiary alicyclic amines) is 1. The van der Waals surface area contributed by atoms with Gasteiger partial charge < -0.3 is 14.2 Å². The molecule has 3 heterocycles. The van der Waals surface area contributed by atoms with E-state index in [0.717, 1.165) is 67.7 Å². The van der Waals surface area contributed by atoms with Crippen LogP contribution in [0.25, 0.3) is 10.8 Å². The van der Waals surface area contributed by atoms with Gasteiger partial charge in [-0.3, -0.25) is 14.5 Å². The Kier molecular flexibility index (Phi) is 5.95. The van der Waals surface area contributed by atoms with Gasteiger partial charge in [-0.05, 0) is 41.8 Å². The molecule has 2 amide bonds. The number of furan rings is 1. The monoisotopic (exact) mass is 431 g/mol. The van der Waals surface area contributed by atoms with E-state index in [0.29, 0.717) is 13.1 Å². The Morgan fingerprint density at radius 1 is 0.875 bits per heavy atom. The topological polar surface area (TPSA) is 57.0 Å². The third kappa shape index (κ3) is 4.28. The molecule has 0 spiro atoms. The number of piperazine rings is 1. The fourth-order valence-electron chi connectivity index (χ4n) is 4.95. The number of hydrogen-bond acceptors (Lipinski definition) is 4. The second kappa shape index (κ2) is 9.17. The van der Waals surface area contributed by atoms with E-state index in [1.165, 1.54) is 0 Å². The molecule has 5 rings (SSSR count). The number of carbonyl (C=O) groups is 2. The van der Waals surface area contributed by atoms with Crippen molar-refractivity contribution in [2.45, 2.75) is 19.4 Å². The van der Waals surface area contributed by atoms with Crippen molar-refractivity contribution in [1.29, 1.82) is 0 Å². The number of benzene rings is 2. The van der Waals surface area contributed by atoms with Gasteiger partial charge in [0.1, 0.15) is 5.76 Å². The van der Waals surface area contributed by atoms with Crippen molar-refractivity contribution in [3.63, 3.8) is 0 Å². The molecule has 1 aromatic heterocycles. The highest BCUT2D eigenvalue weighted by atomic mass is 16.3. The van der Waals surface area contributed by atoms with E-state index in [9.17, 15) is 9.59 Å². The highest BCUT2D eigenvalue weighted by molar-refractivity contribution is 6.07. The van der Waals surface area contributed by atoms with Crippen LogP contribution in [-0.4, -0.2) is 65.8 Å². The van der Waals surface area contributed by atoms with E-state index >= 15 is 0 Å². The van der Waals surface area contributed by atoms with Gasteiger partial charge >= 0.3 is 0 Å². The van der Waals surface area contributed by atoms with Gasteiger partial charge in [0.15, 0.2) is 0 Å². The molecule has 2 saturated heterocycles. The molecular formula is C26H29N3O3. The number of nitrogens with zero attached hydrogens (tertiary/aromatic N) is 3. The van der Waals surface area contributed by atoms with Gasteiger partial charge in [0.2, 0.25) is 5.91 Å². The van der Waals surface area contributed by atoms with Crippen LogP contribution in [0, 0.1) is 5.92 Å². The fourth-order valence-corrected chi connectivity index (χ4v) is 4.95. The van der Waals surface area contributed by atoms with Gasteiger partial charge in [-0.1, -0.05) is 36.4 Å². The van der Waals surface area contributed by atoms with Crippen LogP contribution >= 0.6 is 0 Å². The molecule has 6 heteroatoms. The minimum atomic E-state index is -0.112. The quantitative estimate of drug-likeness (QED) is 0.633. The van der Waals surface area contributed by atoms with Gasteiger partial charge in [0.25, 0.3) is 5.91 Å². The minimum Gasteiger partial charge on any atom is -0.468 e. The second-order valence-corrected chi connectivity index (χ2v) is 8.80. The highest BCUT2D eigenvalue weighted by Crippen LogP contribution is 2.25. The lowest BCUT2D eigenvalue weighted by atomic mass is 9.95. The molecule has 0 N–H and O–H groups in total. The van der Waals surface area contributed by atoms with Crippen LogP contribution < -0.4 is 0 Å². The maximum Gasteiger partial charge on any atom is 0.254 e. The SMILES string of the molecule is O=C(c1cccc2ccccc12)N1CCCC(C(=O)N2CCN(Cc3ccco3)CC2)C1. The van der Waals surface area contributed by atoms with Crippen LogP contribution in [0.4, 0.5) is 0 Å². The number of fused-ring (bicyclic) bond motifs is 1. The summed E-state index contributed by atoms with van der Waals surface area (Å²) in [5.41, 5.74) is 0.725. The Morgan fingerprint density at radius 2 is 1.69 bits per heavy atom. The number of carbonyl (C=O) groups excluding carboxylic acids is 2. The summed E-state index contributed by atoms with van der Waals surface area (Å²) in [4.78, 5) is 32.8. The molecule has 32 heavy (non-hydrogen) atoms. The van der Waals surface area contributed by atoms with Gasteiger partial charge in [-0.15, -0.1) is 0 Å². The third-order valence-corrected chi connectivity index (χ3v) is 6.72. The van der Waals surface area contributed by atoms with Crippen molar-refractivity contribution in [2.24, 2.45) is 5.92 Å². The Bertz CT molecular complexity index is 1080. The Labute approximate surface area is 188 Å². The molecule has 0 bridgehead atoms. The predicted octanol–water partition coefficient (Wildman–Crippen LogP) is 3.63. The van der Waals surface area contributed by atoms with E-state index in [1.807, 2.05) is 64.4 Å². The number of amides is 2. The normalized spacial score (nSPS) is 19.9. The largest absolute Gasteiger partial charge is 0.468 e. The molecule has 2 aliphatic rings. The second-order valence-electron chi connectivity index (χ2n) is 8.80. The molecule has 6 nitrogen and oxygen atoms in total. The van der Waals surface area contributed by atoms with Crippen LogP contribution in [0.15, 0.2) is 65.3 Å². The Morgan fingerprint density at radius 3 is 2.50 bits per heavy atom. The smallest absolute Gasteiger partial charge is 0.254 e. The maximum atomic E-state index is 13.3. The summed E-state index contributed by atoms with van der Waals surface area (Å²) in [5, 5.41) is 2.04. The van der Waals surface area contributed by atoms with E-state index in [-0.39, 0.29) is 17.7 Å². The average Bonchev–Trinajstić information content (AvgIpc) is 3.36. The fraction of sp³-hybridized carbons (Fsp3) is 0.385. The summed E-state index contributed by atoms with van der Waals surface area (Å²) in [7, 11) is 0. The van der Waals surface area contributed by atoms with Crippen molar-refractivity contribution in [2.75, 3.05) is 39.3 Å². The molecule has 1 atom stereocenters. The molecule has 2 aliphatic heterocycles. The summed E-state index contributed by atoms with van der Waals surface area (Å²) in [6, 6.07) is 17.7. The standard InChI is InChI=1S/C26H29N3O3/c30-25(28-15-13-27(14-16-28)19-22-9-5-17-32-22)21-8-4-12-29(18-21)26(31)24-11-3-7-20-6-1-2-10-23(20)24/h1-3,5-7,9-11,17,21H,4,8,12-16,18-19H2. The first kappa shape index (κ1) is 20.8. The van der Waals surface area contributed by atoms with Crippen LogP contribution in [0.1, 0.15) is 29.0 Å². The van der Waals surface area contributed by atoms with Gasteiger partial charge in [-0.25, -0.2) is 0 Å². The van der Waals surface area contributed by atoms with Crippen LogP contribution in [0.5, 0.6) is 0 Å². The van der Waals surface area contributed by atoms with Gasteiger partial charge in [-0.2, -0.15) is 0 Å². The van der Waals surface area contributed by atoms with Crippen LogP contribution in [0.2, 0.25) is 0 Å². The summed E-state index contributed by atoms with van der Waals surface area (Å²) >= 11 is 0. The number of rotatable bonds is 4. The zero-order valence-electron chi connectivity index (χ0n) is 18.3. The molecule has 0 radical (unpaired) electrons. The van der Waals surface area contributed by atoms with Crippen LogP contribution in [0.3, 0.4) is 0 Å². The van der Waals surface area contributed by atoms with Crippen molar-refractivity contribution < 1.29 is 14.0 Å². The first-order valence-electron chi connectivity index (χ1n) is 11.5. The summed E-state index contributed by atoms with van der Waals surface area (Å²) in [6.45, 7) is 5.15. The minimum absolute atomic E-state index is 0.0302. The van der Waals surface area contributed by atoms with Crippen molar-refractivity contribution >= 4 is 22.6 Å². The summed E-state index contributed by atoms with van der Waals surface area (Å²) < 4.78 is 5.44. The van der Waals surface area contributed by atoms with Crippen molar-refractivity contribution in [3.05, 3.63) is 72.2 Å². The van der Waals surface area contributed by atoms with E-state index in [4.69, 9.17) is 4.42 Å². The lowest BCUT2D eigenvalue weighted by Crippen LogP contribution is -2.52. The van der Waals surface area contributed by atoms with Gasteiger partial charge in [0.05, 0.1) is 18.7 Å². The lowest BCUT2D eigenvalue weighted by Gasteiger charge is -2.39. The molecule has 2 fully saturated rings. The maximum absolute atomic E-state index is 13.3. The zero-order valence-corrected chi connectivity index (χ0v) is 18.3. The number of piperidine rings is 1. The zero-order chi connectivity index (χ0) is 21.9. The average molecular weight is 432 g/mol. The van der Waals surface area contributed by atoms with Crippen LogP contribution in [-0.2, 0) is 11.3 Å². The molecule has 2 aromatic carbocycles. The first-order valence-corrected chi connectivity index (χ1v) is 11.5.